The van der Waals surface area contributed by atoms with Crippen LogP contribution in [0.2, 0.25) is 0 Å². The van der Waals surface area contributed by atoms with E-state index >= 15 is 0 Å². The Balaban J connectivity index is 1.70. The Morgan fingerprint density at radius 2 is 2.15 bits per heavy atom. The van der Waals surface area contributed by atoms with Crippen molar-refractivity contribution in [3.63, 3.8) is 0 Å². The third-order valence-corrected chi connectivity index (χ3v) is 5.79. The van der Waals surface area contributed by atoms with Gasteiger partial charge < -0.3 is 10.2 Å². The Morgan fingerprint density at radius 3 is 2.81 bits per heavy atom. The molecule has 0 unspecified atom stereocenters. The molecule has 1 aliphatic heterocycles. The Labute approximate surface area is 158 Å². The molecule has 0 bridgehead atoms. The van der Waals surface area contributed by atoms with E-state index in [-0.39, 0.29) is 36.6 Å². The summed E-state index contributed by atoms with van der Waals surface area (Å²) in [6, 6.07) is 5.56. The maximum Gasteiger partial charge on any atom is 0.325 e. The first-order chi connectivity index (χ1) is 12.9. The molecule has 0 aromatic heterocycles. The van der Waals surface area contributed by atoms with Crippen LogP contribution >= 0.6 is 0 Å². The quantitative estimate of drug-likeness (QED) is 0.805. The highest BCUT2D eigenvalue weighted by Crippen LogP contribution is 2.38. The molecular formula is C20H26FN3O3. The second kappa shape index (κ2) is 7.66. The van der Waals surface area contributed by atoms with Gasteiger partial charge in [0.15, 0.2) is 0 Å². The minimum absolute atomic E-state index is 0.0531. The van der Waals surface area contributed by atoms with Gasteiger partial charge in [0.25, 0.3) is 5.91 Å². The van der Waals surface area contributed by atoms with Crippen LogP contribution in [-0.2, 0) is 16.1 Å². The zero-order chi connectivity index (χ0) is 19.6. The largest absolute Gasteiger partial charge is 0.337 e. The van der Waals surface area contributed by atoms with Crippen molar-refractivity contribution in [2.75, 3.05) is 13.1 Å². The monoisotopic (exact) mass is 375 g/mol. The molecule has 4 amide bonds. The SMILES string of the molecule is CCN(Cc1cccc(F)c1)C(=O)CN1C(=O)N[C@]2(CCCC[C@@H]2C)C1=O. The van der Waals surface area contributed by atoms with E-state index in [1.807, 2.05) is 13.8 Å². The number of benzene rings is 1. The zero-order valence-corrected chi connectivity index (χ0v) is 15.8. The molecule has 0 radical (unpaired) electrons. The van der Waals surface area contributed by atoms with Crippen molar-refractivity contribution in [3.05, 3.63) is 35.6 Å². The lowest BCUT2D eigenvalue weighted by molar-refractivity contribution is -0.140. The average molecular weight is 375 g/mol. The van der Waals surface area contributed by atoms with Crippen molar-refractivity contribution in [2.24, 2.45) is 5.92 Å². The first-order valence-corrected chi connectivity index (χ1v) is 9.53. The van der Waals surface area contributed by atoms with Gasteiger partial charge in [-0.25, -0.2) is 9.18 Å². The van der Waals surface area contributed by atoms with E-state index in [2.05, 4.69) is 5.32 Å². The molecule has 1 heterocycles. The number of hydrogen-bond acceptors (Lipinski definition) is 3. The van der Waals surface area contributed by atoms with Gasteiger partial charge in [-0.05, 0) is 43.4 Å². The first-order valence-electron chi connectivity index (χ1n) is 9.53. The first kappa shape index (κ1) is 19.3. The molecule has 2 aliphatic rings. The van der Waals surface area contributed by atoms with Crippen LogP contribution in [0.5, 0.6) is 0 Å². The highest BCUT2D eigenvalue weighted by atomic mass is 19.1. The number of nitrogens with one attached hydrogen (secondary N) is 1. The third kappa shape index (κ3) is 3.68. The molecule has 1 saturated heterocycles. The standard InChI is InChI=1S/C20H26FN3O3/c1-3-23(12-15-8-6-9-16(21)11-15)17(25)13-24-18(26)20(22-19(24)27)10-5-4-7-14(20)2/h6,8-9,11,14H,3-5,7,10,12-13H2,1-2H3,(H,22,27)/t14-,20-/m0/s1. The zero-order valence-electron chi connectivity index (χ0n) is 15.8. The van der Waals surface area contributed by atoms with Crippen molar-refractivity contribution >= 4 is 17.8 Å². The van der Waals surface area contributed by atoms with Crippen molar-refractivity contribution < 1.29 is 18.8 Å². The normalized spacial score (nSPS) is 25.0. The van der Waals surface area contributed by atoms with Crippen LogP contribution in [0, 0.1) is 11.7 Å². The Hall–Kier alpha value is -2.44. The summed E-state index contributed by atoms with van der Waals surface area (Å²) in [6.45, 7) is 4.14. The fraction of sp³-hybridized carbons (Fsp3) is 0.550. The number of rotatable bonds is 5. The molecular weight excluding hydrogens is 349 g/mol. The van der Waals surface area contributed by atoms with E-state index in [1.54, 1.807) is 12.1 Å². The van der Waals surface area contributed by atoms with Crippen molar-refractivity contribution in [3.8, 4) is 0 Å². The van der Waals surface area contributed by atoms with Gasteiger partial charge in [0, 0.05) is 13.1 Å². The lowest BCUT2D eigenvalue weighted by Gasteiger charge is -2.36. The molecule has 1 aromatic rings. The number of carbonyl (C=O) groups is 3. The fourth-order valence-electron chi connectivity index (χ4n) is 4.11. The van der Waals surface area contributed by atoms with E-state index in [4.69, 9.17) is 0 Å². The van der Waals surface area contributed by atoms with Crippen molar-refractivity contribution in [2.45, 2.75) is 51.6 Å². The van der Waals surface area contributed by atoms with E-state index in [0.717, 1.165) is 24.2 Å². The Morgan fingerprint density at radius 1 is 1.37 bits per heavy atom. The number of nitrogens with zero attached hydrogens (tertiary/aromatic N) is 2. The van der Waals surface area contributed by atoms with Gasteiger partial charge in [-0.15, -0.1) is 0 Å². The predicted octanol–water partition coefficient (Wildman–Crippen LogP) is 2.67. The molecule has 7 heteroatoms. The summed E-state index contributed by atoms with van der Waals surface area (Å²) < 4.78 is 13.4. The second-order valence-corrected chi connectivity index (χ2v) is 7.48. The van der Waals surface area contributed by atoms with Gasteiger partial charge >= 0.3 is 6.03 Å². The summed E-state index contributed by atoms with van der Waals surface area (Å²) in [5.41, 5.74) is -0.199. The van der Waals surface area contributed by atoms with E-state index in [1.165, 1.54) is 17.0 Å². The molecule has 1 aliphatic carbocycles. The lowest BCUT2D eigenvalue weighted by Crippen LogP contribution is -2.54. The summed E-state index contributed by atoms with van der Waals surface area (Å²) in [5.74, 6) is -0.934. The summed E-state index contributed by atoms with van der Waals surface area (Å²) in [6.07, 6.45) is 3.43. The van der Waals surface area contributed by atoms with Gasteiger partial charge in [0.2, 0.25) is 5.91 Å². The maximum atomic E-state index is 13.4. The fourth-order valence-corrected chi connectivity index (χ4v) is 4.11. The minimum atomic E-state index is -0.866. The van der Waals surface area contributed by atoms with Crippen LogP contribution in [0.3, 0.4) is 0 Å². The van der Waals surface area contributed by atoms with Gasteiger partial charge in [-0.2, -0.15) is 0 Å². The summed E-state index contributed by atoms with van der Waals surface area (Å²) in [4.78, 5) is 40.7. The van der Waals surface area contributed by atoms with Crippen LogP contribution in [-0.4, -0.2) is 46.3 Å². The summed E-state index contributed by atoms with van der Waals surface area (Å²) >= 11 is 0. The molecule has 1 spiro atoms. The molecule has 2 fully saturated rings. The third-order valence-electron chi connectivity index (χ3n) is 5.79. The van der Waals surface area contributed by atoms with Gasteiger partial charge in [0.05, 0.1) is 0 Å². The number of carbonyl (C=O) groups excluding carboxylic acids is 3. The number of likely N-dealkylation sites (N-methyl/N-ethyl adjacent to an activating group) is 1. The van der Waals surface area contributed by atoms with Crippen LogP contribution in [0.25, 0.3) is 0 Å². The maximum absolute atomic E-state index is 13.4. The summed E-state index contributed by atoms with van der Waals surface area (Å²) in [7, 11) is 0. The molecule has 6 nitrogen and oxygen atoms in total. The van der Waals surface area contributed by atoms with Gasteiger partial charge in [-0.3, -0.25) is 14.5 Å². The second-order valence-electron chi connectivity index (χ2n) is 7.48. The Kier molecular flexibility index (Phi) is 5.48. The highest BCUT2D eigenvalue weighted by molar-refractivity contribution is 6.09. The number of halogens is 1. The number of urea groups is 1. The van der Waals surface area contributed by atoms with Crippen LogP contribution in [0.15, 0.2) is 24.3 Å². The average Bonchev–Trinajstić information content (AvgIpc) is 2.87. The van der Waals surface area contributed by atoms with Gasteiger partial charge in [0.1, 0.15) is 17.9 Å². The predicted molar refractivity (Wildman–Crippen MR) is 98.1 cm³/mol. The number of imide groups is 1. The molecule has 1 N–H and O–H groups in total. The lowest BCUT2D eigenvalue weighted by atomic mass is 9.73. The smallest absolute Gasteiger partial charge is 0.325 e. The molecule has 146 valence electrons. The van der Waals surface area contributed by atoms with Crippen molar-refractivity contribution in [1.29, 1.82) is 0 Å². The summed E-state index contributed by atoms with van der Waals surface area (Å²) in [5, 5.41) is 2.86. The van der Waals surface area contributed by atoms with E-state index < -0.39 is 11.6 Å². The van der Waals surface area contributed by atoms with Crippen LogP contribution < -0.4 is 5.32 Å². The molecule has 2 atom stereocenters. The molecule has 27 heavy (non-hydrogen) atoms. The van der Waals surface area contributed by atoms with Gasteiger partial charge in [-0.1, -0.05) is 31.9 Å². The molecule has 3 rings (SSSR count). The number of amides is 4. The number of hydrogen-bond donors (Lipinski definition) is 1. The van der Waals surface area contributed by atoms with Crippen LogP contribution in [0.4, 0.5) is 9.18 Å². The van der Waals surface area contributed by atoms with E-state index in [0.29, 0.717) is 18.5 Å². The molecule has 1 saturated carbocycles. The Bertz CT molecular complexity index is 754. The topological polar surface area (TPSA) is 69.7 Å². The highest BCUT2D eigenvalue weighted by Gasteiger charge is 2.55. The van der Waals surface area contributed by atoms with Crippen LogP contribution in [0.1, 0.15) is 45.1 Å². The van der Waals surface area contributed by atoms with Crippen molar-refractivity contribution in [1.82, 2.24) is 15.1 Å². The van der Waals surface area contributed by atoms with E-state index in [9.17, 15) is 18.8 Å². The minimum Gasteiger partial charge on any atom is -0.337 e. The molecule has 1 aromatic carbocycles.